The Labute approximate surface area is 153 Å². The van der Waals surface area contributed by atoms with Crippen molar-refractivity contribution in [2.45, 2.75) is 38.9 Å². The quantitative estimate of drug-likeness (QED) is 0.662. The maximum absolute atomic E-state index is 12.4. The Morgan fingerprint density at radius 3 is 1.62 bits per heavy atom. The molecule has 2 aliphatic rings. The summed E-state index contributed by atoms with van der Waals surface area (Å²) in [7, 11) is 0. The summed E-state index contributed by atoms with van der Waals surface area (Å²) in [6.07, 6.45) is 2.10. The van der Waals surface area contributed by atoms with Gasteiger partial charge in [-0.15, -0.1) is 0 Å². The van der Waals surface area contributed by atoms with Crippen LogP contribution in [0.2, 0.25) is 0 Å². The normalized spacial score (nSPS) is 27.2. The molecule has 1 aromatic rings. The second-order valence-corrected chi connectivity index (χ2v) is 6.82. The van der Waals surface area contributed by atoms with Gasteiger partial charge in [0.2, 0.25) is 0 Å². The number of hydrogen-bond donors (Lipinski definition) is 0. The summed E-state index contributed by atoms with van der Waals surface area (Å²) in [6.45, 7) is 5.91. The second kappa shape index (κ2) is 8.64. The van der Waals surface area contributed by atoms with E-state index in [1.165, 1.54) is 0 Å². The molecule has 2 saturated heterocycles. The number of rotatable bonds is 8. The van der Waals surface area contributed by atoms with Crippen LogP contribution in [-0.2, 0) is 18.9 Å². The molecular formula is C20H26O6. The zero-order valence-electron chi connectivity index (χ0n) is 15.3. The molecule has 0 saturated carbocycles. The lowest BCUT2D eigenvalue weighted by atomic mass is 9.97. The first kappa shape index (κ1) is 18.9. The van der Waals surface area contributed by atoms with Crippen molar-refractivity contribution in [3.63, 3.8) is 0 Å². The van der Waals surface area contributed by atoms with E-state index in [4.69, 9.17) is 18.9 Å². The second-order valence-electron chi connectivity index (χ2n) is 6.82. The first-order valence-corrected chi connectivity index (χ1v) is 9.30. The SMILES string of the molecule is CCC1OCC1COC(=O)c1ccccc1C(=O)OCC1COC1CC. The van der Waals surface area contributed by atoms with Crippen LogP contribution in [0.5, 0.6) is 0 Å². The van der Waals surface area contributed by atoms with Crippen molar-refractivity contribution < 1.29 is 28.5 Å². The molecule has 0 bridgehead atoms. The van der Waals surface area contributed by atoms with E-state index in [2.05, 4.69) is 0 Å². The van der Waals surface area contributed by atoms with E-state index in [0.717, 1.165) is 12.8 Å². The van der Waals surface area contributed by atoms with E-state index in [1.54, 1.807) is 24.3 Å². The Morgan fingerprint density at radius 2 is 1.31 bits per heavy atom. The van der Waals surface area contributed by atoms with Crippen LogP contribution < -0.4 is 0 Å². The molecule has 2 fully saturated rings. The van der Waals surface area contributed by atoms with Crippen molar-refractivity contribution >= 4 is 11.9 Å². The molecule has 4 atom stereocenters. The van der Waals surface area contributed by atoms with E-state index in [-0.39, 0.29) is 35.2 Å². The average molecular weight is 362 g/mol. The van der Waals surface area contributed by atoms with E-state index in [0.29, 0.717) is 26.4 Å². The van der Waals surface area contributed by atoms with Gasteiger partial charge in [-0.1, -0.05) is 26.0 Å². The summed E-state index contributed by atoms with van der Waals surface area (Å²) >= 11 is 0. The van der Waals surface area contributed by atoms with Gasteiger partial charge in [-0.25, -0.2) is 9.59 Å². The average Bonchev–Trinajstić information content (AvgIpc) is 2.60. The number of carbonyl (C=O) groups excluding carboxylic acids is 2. The smallest absolute Gasteiger partial charge is 0.339 e. The summed E-state index contributed by atoms with van der Waals surface area (Å²) in [6, 6.07) is 6.60. The van der Waals surface area contributed by atoms with Crippen molar-refractivity contribution in [1.29, 1.82) is 0 Å². The van der Waals surface area contributed by atoms with E-state index in [9.17, 15) is 9.59 Å². The minimum Gasteiger partial charge on any atom is -0.462 e. The molecule has 0 amide bonds. The molecule has 1 aromatic carbocycles. The molecule has 6 heteroatoms. The van der Waals surface area contributed by atoms with E-state index >= 15 is 0 Å². The largest absolute Gasteiger partial charge is 0.462 e. The predicted molar refractivity (Wildman–Crippen MR) is 94.0 cm³/mol. The van der Waals surface area contributed by atoms with Crippen LogP contribution in [0, 0.1) is 11.8 Å². The van der Waals surface area contributed by atoms with Crippen LogP contribution in [0.1, 0.15) is 47.4 Å². The molecule has 2 aliphatic heterocycles. The molecular weight excluding hydrogens is 336 g/mol. The molecule has 0 N–H and O–H groups in total. The zero-order chi connectivity index (χ0) is 18.5. The van der Waals surface area contributed by atoms with Crippen molar-refractivity contribution in [3.8, 4) is 0 Å². The Kier molecular flexibility index (Phi) is 6.27. The Morgan fingerprint density at radius 1 is 0.885 bits per heavy atom. The fraction of sp³-hybridized carbons (Fsp3) is 0.600. The van der Waals surface area contributed by atoms with Gasteiger partial charge in [0, 0.05) is 11.8 Å². The maximum atomic E-state index is 12.4. The maximum Gasteiger partial charge on any atom is 0.339 e. The fourth-order valence-corrected chi connectivity index (χ4v) is 3.31. The highest BCUT2D eigenvalue weighted by Gasteiger charge is 2.33. The van der Waals surface area contributed by atoms with Crippen molar-refractivity contribution in [1.82, 2.24) is 0 Å². The molecule has 0 aliphatic carbocycles. The minimum absolute atomic E-state index is 0.152. The van der Waals surface area contributed by atoms with Gasteiger partial charge in [0.25, 0.3) is 0 Å². The Balaban J connectivity index is 1.56. The lowest BCUT2D eigenvalue weighted by Gasteiger charge is -2.35. The third-order valence-corrected chi connectivity index (χ3v) is 5.13. The number of hydrogen-bond acceptors (Lipinski definition) is 6. The summed E-state index contributed by atoms with van der Waals surface area (Å²) in [5.41, 5.74) is 0.477. The number of ether oxygens (including phenoxy) is 4. The molecule has 0 radical (unpaired) electrons. The molecule has 142 valence electrons. The van der Waals surface area contributed by atoms with Gasteiger partial charge in [0.05, 0.1) is 49.8 Å². The highest BCUT2D eigenvalue weighted by atomic mass is 16.6. The lowest BCUT2D eigenvalue weighted by Crippen LogP contribution is -2.42. The number of carbonyl (C=O) groups is 2. The van der Waals surface area contributed by atoms with Crippen LogP contribution in [0.15, 0.2) is 24.3 Å². The van der Waals surface area contributed by atoms with E-state index < -0.39 is 11.9 Å². The molecule has 26 heavy (non-hydrogen) atoms. The summed E-state index contributed by atoms with van der Waals surface area (Å²) in [5, 5.41) is 0. The fourth-order valence-electron chi connectivity index (χ4n) is 3.31. The van der Waals surface area contributed by atoms with Crippen LogP contribution in [-0.4, -0.2) is 50.6 Å². The highest BCUT2D eigenvalue weighted by Crippen LogP contribution is 2.25. The summed E-state index contributed by atoms with van der Waals surface area (Å²) in [5.74, 6) is -0.546. The van der Waals surface area contributed by atoms with Gasteiger partial charge < -0.3 is 18.9 Å². The third-order valence-electron chi connectivity index (χ3n) is 5.13. The van der Waals surface area contributed by atoms with Crippen molar-refractivity contribution in [2.24, 2.45) is 11.8 Å². The van der Waals surface area contributed by atoms with Crippen LogP contribution in [0.4, 0.5) is 0 Å². The van der Waals surface area contributed by atoms with Crippen molar-refractivity contribution in [3.05, 3.63) is 35.4 Å². The molecule has 0 aromatic heterocycles. The molecule has 3 rings (SSSR count). The van der Waals surface area contributed by atoms with Gasteiger partial charge in [0.1, 0.15) is 0 Å². The first-order valence-electron chi connectivity index (χ1n) is 9.30. The summed E-state index contributed by atoms with van der Waals surface area (Å²) in [4.78, 5) is 24.8. The first-order chi connectivity index (χ1) is 12.6. The predicted octanol–water partition coefficient (Wildman–Crippen LogP) is 2.85. The van der Waals surface area contributed by atoms with Gasteiger partial charge in [-0.2, -0.15) is 0 Å². The lowest BCUT2D eigenvalue weighted by molar-refractivity contribution is -0.133. The van der Waals surface area contributed by atoms with Crippen LogP contribution in [0.3, 0.4) is 0 Å². The monoisotopic (exact) mass is 362 g/mol. The van der Waals surface area contributed by atoms with Gasteiger partial charge >= 0.3 is 11.9 Å². The minimum atomic E-state index is -0.502. The number of benzene rings is 1. The molecule has 6 nitrogen and oxygen atoms in total. The Hall–Kier alpha value is -1.92. The van der Waals surface area contributed by atoms with E-state index in [1.807, 2.05) is 13.8 Å². The molecule has 0 spiro atoms. The van der Waals surface area contributed by atoms with Gasteiger partial charge in [-0.05, 0) is 25.0 Å². The summed E-state index contributed by atoms with van der Waals surface area (Å²) < 4.78 is 21.6. The zero-order valence-corrected chi connectivity index (χ0v) is 15.3. The number of esters is 2. The highest BCUT2D eigenvalue weighted by molar-refractivity contribution is 6.03. The van der Waals surface area contributed by atoms with Gasteiger partial charge in [-0.3, -0.25) is 0 Å². The third kappa shape index (κ3) is 4.07. The Bertz CT molecular complexity index is 584. The van der Waals surface area contributed by atoms with Crippen LogP contribution in [0.25, 0.3) is 0 Å². The molecule has 2 heterocycles. The van der Waals surface area contributed by atoms with Crippen LogP contribution >= 0.6 is 0 Å². The van der Waals surface area contributed by atoms with Crippen molar-refractivity contribution in [2.75, 3.05) is 26.4 Å². The topological polar surface area (TPSA) is 71.1 Å². The molecule has 4 unspecified atom stereocenters. The standard InChI is InChI=1S/C20H26O6/c1-3-17-13(9-23-17)11-25-19(21)15-7-5-6-8-16(15)20(22)26-12-14-10-24-18(14)4-2/h5-8,13-14,17-18H,3-4,9-12H2,1-2H3. The van der Waals surface area contributed by atoms with Gasteiger partial charge in [0.15, 0.2) is 0 Å².